The maximum Gasteiger partial charge on any atom is 0.416 e. The summed E-state index contributed by atoms with van der Waals surface area (Å²) in [5, 5.41) is 8.69. The van der Waals surface area contributed by atoms with E-state index in [0.29, 0.717) is 43.8 Å². The number of hydrogen-bond donors (Lipinski definition) is 0. The predicted molar refractivity (Wildman–Crippen MR) is 107 cm³/mol. The lowest BCUT2D eigenvalue weighted by atomic mass is 10.0. The zero-order valence-corrected chi connectivity index (χ0v) is 17.3. The van der Waals surface area contributed by atoms with Gasteiger partial charge in [0.1, 0.15) is 11.5 Å². The van der Waals surface area contributed by atoms with E-state index in [4.69, 9.17) is 16.1 Å². The lowest BCUT2D eigenvalue weighted by Crippen LogP contribution is -2.14. The number of hydrogen-bond acceptors (Lipinski definition) is 5. The van der Waals surface area contributed by atoms with E-state index in [9.17, 15) is 21.6 Å². The van der Waals surface area contributed by atoms with Crippen LogP contribution in [0.2, 0.25) is 5.02 Å². The average Bonchev–Trinajstić information content (AvgIpc) is 3.35. The molecule has 4 rings (SSSR count). The molecular formula is C20H13ClF3N3O3S. The number of nitrogens with zero attached hydrogens (tertiary/aromatic N) is 3. The van der Waals surface area contributed by atoms with Gasteiger partial charge in [-0.3, -0.25) is 0 Å². The molecule has 0 bridgehead atoms. The molecule has 0 N–H and O–H groups in total. The number of aromatic nitrogens is 3. The van der Waals surface area contributed by atoms with Crippen LogP contribution in [0, 0.1) is 6.92 Å². The van der Waals surface area contributed by atoms with Crippen molar-refractivity contribution in [2.45, 2.75) is 18.0 Å². The molecule has 0 aliphatic rings. The molecule has 0 aliphatic carbocycles. The Morgan fingerprint density at radius 2 is 1.65 bits per heavy atom. The molecule has 0 spiro atoms. The summed E-state index contributed by atoms with van der Waals surface area (Å²) in [5.41, 5.74) is 0.964. The predicted octanol–water partition coefficient (Wildman–Crippen LogP) is 5.42. The molecule has 31 heavy (non-hydrogen) atoms. The van der Waals surface area contributed by atoms with Gasteiger partial charge in [-0.15, -0.1) is 0 Å². The standard InChI is InChI=1S/C20H13ClF3N3O3S/c1-12-18(19(26-30-12)13-2-6-15(21)7-3-13)17-10-11-27(25-17)31(28,29)16-8-4-14(5-9-16)20(22,23)24/h2-11H,1H3. The minimum atomic E-state index is -4.56. The van der Waals surface area contributed by atoms with E-state index >= 15 is 0 Å². The Morgan fingerprint density at radius 1 is 1.00 bits per heavy atom. The van der Waals surface area contributed by atoms with Gasteiger partial charge >= 0.3 is 6.18 Å². The van der Waals surface area contributed by atoms with Crippen molar-refractivity contribution in [1.82, 2.24) is 14.3 Å². The molecule has 0 fully saturated rings. The fraction of sp³-hybridized carbons (Fsp3) is 0.100. The monoisotopic (exact) mass is 467 g/mol. The van der Waals surface area contributed by atoms with Crippen molar-refractivity contribution in [2.24, 2.45) is 0 Å². The Kier molecular flexibility index (Phi) is 5.14. The summed E-state index contributed by atoms with van der Waals surface area (Å²) >= 11 is 5.92. The first-order valence-electron chi connectivity index (χ1n) is 8.78. The van der Waals surface area contributed by atoms with Crippen LogP contribution in [-0.4, -0.2) is 22.8 Å². The van der Waals surface area contributed by atoms with Crippen LogP contribution in [0.15, 0.2) is 70.2 Å². The van der Waals surface area contributed by atoms with Crippen LogP contribution in [0.1, 0.15) is 11.3 Å². The van der Waals surface area contributed by atoms with Gasteiger partial charge in [0.2, 0.25) is 0 Å². The van der Waals surface area contributed by atoms with Crippen LogP contribution in [0.4, 0.5) is 13.2 Å². The van der Waals surface area contributed by atoms with E-state index in [1.54, 1.807) is 31.2 Å². The summed E-state index contributed by atoms with van der Waals surface area (Å²) in [6.07, 6.45) is -3.36. The van der Waals surface area contributed by atoms with Crippen molar-refractivity contribution in [2.75, 3.05) is 0 Å². The topological polar surface area (TPSA) is 78.0 Å². The van der Waals surface area contributed by atoms with E-state index in [1.807, 2.05) is 0 Å². The highest BCUT2D eigenvalue weighted by atomic mass is 35.5. The first-order chi connectivity index (χ1) is 14.6. The van der Waals surface area contributed by atoms with Gasteiger partial charge in [0.15, 0.2) is 0 Å². The highest BCUT2D eigenvalue weighted by molar-refractivity contribution is 7.89. The Hall–Kier alpha value is -3.11. The molecule has 2 heterocycles. The molecule has 0 radical (unpaired) electrons. The second-order valence-corrected chi connectivity index (χ2v) is 8.80. The van der Waals surface area contributed by atoms with Crippen molar-refractivity contribution >= 4 is 21.6 Å². The lowest BCUT2D eigenvalue weighted by Gasteiger charge is -2.08. The highest BCUT2D eigenvalue weighted by Crippen LogP contribution is 2.34. The van der Waals surface area contributed by atoms with Gasteiger partial charge in [-0.1, -0.05) is 28.9 Å². The Bertz CT molecular complexity index is 1340. The number of benzene rings is 2. The molecular weight excluding hydrogens is 455 g/mol. The molecule has 2 aromatic heterocycles. The van der Waals surface area contributed by atoms with E-state index in [2.05, 4.69) is 10.3 Å². The second-order valence-electron chi connectivity index (χ2n) is 6.57. The molecule has 160 valence electrons. The van der Waals surface area contributed by atoms with Crippen molar-refractivity contribution in [1.29, 1.82) is 0 Å². The minimum Gasteiger partial charge on any atom is -0.360 e. The first-order valence-corrected chi connectivity index (χ1v) is 10.6. The molecule has 11 heteroatoms. The van der Waals surface area contributed by atoms with Crippen LogP contribution in [0.5, 0.6) is 0 Å². The number of rotatable bonds is 4. The molecule has 0 atom stereocenters. The fourth-order valence-electron chi connectivity index (χ4n) is 2.98. The summed E-state index contributed by atoms with van der Waals surface area (Å²) in [5.74, 6) is 0.419. The smallest absolute Gasteiger partial charge is 0.360 e. The van der Waals surface area contributed by atoms with E-state index in [0.717, 1.165) is 12.1 Å². The first kappa shape index (κ1) is 21.1. The third kappa shape index (κ3) is 3.96. The molecule has 2 aromatic carbocycles. The van der Waals surface area contributed by atoms with Crippen LogP contribution in [-0.2, 0) is 16.2 Å². The SMILES string of the molecule is Cc1onc(-c2ccc(Cl)cc2)c1-c1ccn(S(=O)(=O)c2ccc(C(F)(F)F)cc2)n1. The van der Waals surface area contributed by atoms with Crippen LogP contribution >= 0.6 is 11.6 Å². The number of aryl methyl sites for hydroxylation is 1. The van der Waals surface area contributed by atoms with Gasteiger partial charge < -0.3 is 4.52 Å². The van der Waals surface area contributed by atoms with E-state index in [1.165, 1.54) is 12.3 Å². The molecule has 0 saturated heterocycles. The quantitative estimate of drug-likeness (QED) is 0.400. The summed E-state index contributed by atoms with van der Waals surface area (Å²) in [4.78, 5) is -0.324. The normalized spacial score (nSPS) is 12.3. The summed E-state index contributed by atoms with van der Waals surface area (Å²) in [6, 6.07) is 11.5. The van der Waals surface area contributed by atoms with Gasteiger partial charge in [0, 0.05) is 16.8 Å². The molecule has 4 aromatic rings. The van der Waals surface area contributed by atoms with Gasteiger partial charge in [0.25, 0.3) is 10.0 Å². The Morgan fingerprint density at radius 3 is 2.26 bits per heavy atom. The molecule has 0 aliphatic heterocycles. The minimum absolute atomic E-state index is 0.277. The molecule has 0 saturated carbocycles. The summed E-state index contributed by atoms with van der Waals surface area (Å²) in [7, 11) is -4.20. The van der Waals surface area contributed by atoms with Crippen LogP contribution in [0.25, 0.3) is 22.5 Å². The third-order valence-corrected chi connectivity index (χ3v) is 6.34. The molecule has 0 unspecified atom stereocenters. The fourth-order valence-corrected chi connectivity index (χ4v) is 4.22. The Labute approximate surface area is 179 Å². The maximum atomic E-state index is 12.8. The van der Waals surface area contributed by atoms with Crippen LogP contribution < -0.4 is 0 Å². The van der Waals surface area contributed by atoms with Crippen molar-refractivity contribution in [3.05, 3.63) is 77.1 Å². The van der Waals surface area contributed by atoms with Crippen LogP contribution in [0.3, 0.4) is 0 Å². The van der Waals surface area contributed by atoms with Crippen molar-refractivity contribution in [3.8, 4) is 22.5 Å². The summed E-state index contributed by atoms with van der Waals surface area (Å²) in [6.45, 7) is 1.66. The average molecular weight is 468 g/mol. The van der Waals surface area contributed by atoms with Gasteiger partial charge in [-0.05, 0) is 49.4 Å². The number of halogens is 4. The van der Waals surface area contributed by atoms with Gasteiger partial charge in [-0.2, -0.15) is 30.8 Å². The molecule has 6 nitrogen and oxygen atoms in total. The third-order valence-electron chi connectivity index (χ3n) is 4.53. The number of alkyl halides is 3. The van der Waals surface area contributed by atoms with E-state index < -0.39 is 21.8 Å². The van der Waals surface area contributed by atoms with E-state index in [-0.39, 0.29) is 10.6 Å². The molecule has 0 amide bonds. The lowest BCUT2D eigenvalue weighted by molar-refractivity contribution is -0.137. The zero-order chi connectivity index (χ0) is 22.4. The second kappa shape index (κ2) is 7.54. The van der Waals surface area contributed by atoms with Gasteiger partial charge in [0.05, 0.1) is 21.7 Å². The summed E-state index contributed by atoms with van der Waals surface area (Å²) < 4.78 is 69.9. The van der Waals surface area contributed by atoms with Gasteiger partial charge in [-0.25, -0.2) is 0 Å². The highest BCUT2D eigenvalue weighted by Gasteiger charge is 2.31. The van der Waals surface area contributed by atoms with Crippen molar-refractivity contribution in [3.63, 3.8) is 0 Å². The zero-order valence-electron chi connectivity index (χ0n) is 15.8. The Balaban J connectivity index is 1.72. The maximum absolute atomic E-state index is 12.8. The largest absolute Gasteiger partial charge is 0.416 e. The van der Waals surface area contributed by atoms with Crippen molar-refractivity contribution < 1.29 is 26.1 Å².